The van der Waals surface area contributed by atoms with Crippen LogP contribution in [0, 0.1) is 8.99 Å². The fourth-order valence-electron chi connectivity index (χ4n) is 4.98. The van der Waals surface area contributed by atoms with Gasteiger partial charge in [0.25, 0.3) is 0 Å². The Labute approximate surface area is 180 Å². The van der Waals surface area contributed by atoms with Crippen LogP contribution in [0.2, 0.25) is 0 Å². The number of fused-ring (bicyclic) bond motifs is 4. The molecule has 10 heteroatoms. The maximum absolute atomic E-state index is 13.3. The molecule has 0 unspecified atom stereocenters. The van der Waals surface area contributed by atoms with Gasteiger partial charge >= 0.3 is 5.97 Å². The van der Waals surface area contributed by atoms with Crippen LogP contribution in [-0.4, -0.2) is 72.4 Å². The van der Waals surface area contributed by atoms with Crippen molar-refractivity contribution in [2.75, 3.05) is 19.9 Å². The summed E-state index contributed by atoms with van der Waals surface area (Å²) < 4.78 is 18.1. The molecule has 3 heterocycles. The van der Waals surface area contributed by atoms with Crippen molar-refractivity contribution in [2.24, 2.45) is 5.41 Å². The van der Waals surface area contributed by atoms with Crippen molar-refractivity contribution in [3.8, 4) is 0 Å². The maximum atomic E-state index is 13.3. The lowest BCUT2D eigenvalue weighted by Crippen LogP contribution is -2.69. The topological polar surface area (TPSA) is 107 Å². The molecule has 29 heavy (non-hydrogen) atoms. The summed E-state index contributed by atoms with van der Waals surface area (Å²) in [6.07, 6.45) is -1.92. The predicted octanol–water partition coefficient (Wildman–Crippen LogP) is -0.0589. The highest BCUT2D eigenvalue weighted by Crippen LogP contribution is 2.55. The van der Waals surface area contributed by atoms with E-state index < -0.39 is 41.8 Å². The maximum Gasteiger partial charge on any atom is 0.327 e. The van der Waals surface area contributed by atoms with Gasteiger partial charge in [-0.2, -0.15) is 5.06 Å². The highest BCUT2D eigenvalue weighted by Gasteiger charge is 2.74. The lowest BCUT2D eigenvalue weighted by atomic mass is 9.62. The van der Waals surface area contributed by atoms with Crippen molar-refractivity contribution >= 4 is 34.5 Å². The molecule has 4 fully saturated rings. The quantitative estimate of drug-likeness (QED) is 0.415. The van der Waals surface area contributed by atoms with Crippen molar-refractivity contribution in [2.45, 2.75) is 43.4 Å². The number of aliphatic hydroxyl groups excluding tert-OH is 1. The predicted molar refractivity (Wildman–Crippen MR) is 105 cm³/mol. The minimum absolute atomic E-state index is 0.0686. The molecule has 1 saturated carbocycles. The number of esters is 1. The molecule has 2 N–H and O–H groups in total. The number of hydrogen-bond donors (Lipinski definition) is 2. The van der Waals surface area contributed by atoms with E-state index in [0.717, 1.165) is 9.13 Å². The number of hydroxylamine groups is 2. The van der Waals surface area contributed by atoms with E-state index in [1.54, 1.807) is 5.06 Å². The first kappa shape index (κ1) is 19.6. The van der Waals surface area contributed by atoms with Crippen LogP contribution in [0.5, 0.6) is 0 Å². The molecule has 0 spiro atoms. The Balaban J connectivity index is 1.54. The van der Waals surface area contributed by atoms with E-state index in [2.05, 4.69) is 27.9 Å². The number of hydrogen-bond acceptors (Lipinski definition) is 8. The van der Waals surface area contributed by atoms with E-state index in [0.29, 0.717) is 13.0 Å². The smallest absolute Gasteiger partial charge is 0.327 e. The van der Waals surface area contributed by atoms with E-state index in [9.17, 15) is 9.59 Å². The molecule has 5 rings (SSSR count). The Morgan fingerprint density at radius 1 is 1.34 bits per heavy atom. The van der Waals surface area contributed by atoms with Crippen molar-refractivity contribution < 1.29 is 33.7 Å². The van der Waals surface area contributed by atoms with Crippen LogP contribution in [0.4, 0.5) is 0 Å². The van der Waals surface area contributed by atoms with E-state index in [-0.39, 0.29) is 25.9 Å². The minimum Gasteiger partial charge on any atom is -0.458 e. The Morgan fingerprint density at radius 3 is 2.97 bits per heavy atom. The number of halogens is 1. The summed E-state index contributed by atoms with van der Waals surface area (Å²) in [5.41, 5.74) is -0.206. The molecule has 1 aromatic carbocycles. The summed E-state index contributed by atoms with van der Waals surface area (Å²) in [6, 6.07) is 6.96. The number of carbonyl (C=O) groups excluding carboxylic acids is 2. The van der Waals surface area contributed by atoms with E-state index in [1.807, 2.05) is 24.3 Å². The first-order valence-corrected chi connectivity index (χ1v) is 10.6. The molecular weight excluding hydrogens is 495 g/mol. The molecule has 9 nitrogen and oxygen atoms in total. The minimum atomic E-state index is -1.16. The molecule has 6 atom stereocenters. The average Bonchev–Trinajstić information content (AvgIpc) is 3.30. The Hall–Kier alpha value is -1.31. The normalized spacial score (nSPS) is 37.9. The van der Waals surface area contributed by atoms with Crippen LogP contribution in [0.25, 0.3) is 0 Å². The van der Waals surface area contributed by atoms with E-state index in [4.69, 9.17) is 24.2 Å². The van der Waals surface area contributed by atoms with Gasteiger partial charge in [0.2, 0.25) is 5.91 Å². The van der Waals surface area contributed by atoms with Gasteiger partial charge in [-0.3, -0.25) is 14.4 Å². The van der Waals surface area contributed by atoms with Gasteiger partial charge in [-0.15, -0.1) is 0 Å². The lowest BCUT2D eigenvalue weighted by molar-refractivity contribution is -0.201. The fraction of sp³-hybridized carbons (Fsp3) is 0.579. The molecular formula is C19H21IN2O7. The standard InChI is InChI=1S/C19H21IN2O7/c20-11-3-1-2-10(6-11)8-22-15-17(24)28-12-7-19(15,18(25)21-4-5-23)16(29-22)14-13(12)26-9-27-14/h1-3,6,12-16,23H,4-5,7-9H2,(H,21,25)/t12-,13+,14+,15+,16-,19+/m1/s1. The highest BCUT2D eigenvalue weighted by molar-refractivity contribution is 14.1. The number of carbonyl (C=O) groups is 2. The third-order valence-corrected chi connectivity index (χ3v) is 6.79. The highest BCUT2D eigenvalue weighted by atomic mass is 127. The lowest BCUT2D eigenvalue weighted by Gasteiger charge is -2.48. The van der Waals surface area contributed by atoms with Gasteiger partial charge in [-0.1, -0.05) is 12.1 Å². The average molecular weight is 516 g/mol. The van der Waals surface area contributed by atoms with Gasteiger partial charge in [0.1, 0.15) is 36.6 Å². The SMILES string of the molecule is O=C1O[C@@H]2C[C@@]3(C(=O)NCCO)[C@H](ON(Cc4cccc(I)c4)[C@@H]13)[C@H]1OCO[C@H]12. The zero-order valence-corrected chi connectivity index (χ0v) is 17.6. The Bertz CT molecular complexity index is 839. The van der Waals surface area contributed by atoms with Crippen LogP contribution < -0.4 is 5.32 Å². The second-order valence-corrected chi connectivity index (χ2v) is 8.96. The van der Waals surface area contributed by atoms with Crippen molar-refractivity contribution in [3.63, 3.8) is 0 Å². The number of ether oxygens (including phenoxy) is 3. The Morgan fingerprint density at radius 2 is 2.17 bits per heavy atom. The zero-order chi connectivity index (χ0) is 20.2. The van der Waals surface area contributed by atoms with Crippen molar-refractivity contribution in [1.29, 1.82) is 0 Å². The van der Waals surface area contributed by atoms with Crippen LogP contribution in [0.3, 0.4) is 0 Å². The monoisotopic (exact) mass is 516 g/mol. The summed E-state index contributed by atoms with van der Waals surface area (Å²) in [5.74, 6) is -0.829. The molecule has 3 saturated heterocycles. The zero-order valence-electron chi connectivity index (χ0n) is 15.5. The van der Waals surface area contributed by atoms with Gasteiger partial charge in [0.15, 0.2) is 6.04 Å². The van der Waals surface area contributed by atoms with E-state index >= 15 is 0 Å². The number of aliphatic hydroxyl groups is 1. The second kappa shape index (κ2) is 7.43. The summed E-state index contributed by atoms with van der Waals surface area (Å²) in [7, 11) is 0. The van der Waals surface area contributed by atoms with Gasteiger partial charge in [-0.25, -0.2) is 0 Å². The molecule has 0 aromatic heterocycles. The first-order chi connectivity index (χ1) is 14.0. The second-order valence-electron chi connectivity index (χ2n) is 7.71. The van der Waals surface area contributed by atoms with Crippen LogP contribution >= 0.6 is 22.6 Å². The van der Waals surface area contributed by atoms with Crippen molar-refractivity contribution in [1.82, 2.24) is 10.4 Å². The molecule has 2 bridgehead atoms. The number of amides is 1. The molecule has 1 aromatic rings. The van der Waals surface area contributed by atoms with Gasteiger partial charge in [-0.05, 0) is 40.3 Å². The molecule has 156 valence electrons. The summed E-state index contributed by atoms with van der Waals surface area (Å²) in [6.45, 7) is 0.302. The van der Waals surface area contributed by atoms with Crippen LogP contribution in [-0.2, 0) is 35.2 Å². The van der Waals surface area contributed by atoms with E-state index in [1.165, 1.54) is 0 Å². The summed E-state index contributed by atoms with van der Waals surface area (Å²) in [5, 5.41) is 13.5. The van der Waals surface area contributed by atoms with Gasteiger partial charge < -0.3 is 24.6 Å². The van der Waals surface area contributed by atoms with Crippen molar-refractivity contribution in [3.05, 3.63) is 33.4 Å². The summed E-state index contributed by atoms with van der Waals surface area (Å²) >= 11 is 2.22. The largest absolute Gasteiger partial charge is 0.458 e. The number of benzene rings is 1. The molecule has 0 radical (unpaired) electrons. The molecule has 1 aliphatic carbocycles. The third-order valence-electron chi connectivity index (χ3n) is 6.12. The number of nitrogens with one attached hydrogen (secondary N) is 1. The third kappa shape index (κ3) is 3.00. The molecule has 4 aliphatic rings. The number of nitrogens with zero attached hydrogens (tertiary/aromatic N) is 1. The number of rotatable bonds is 5. The Kier molecular flexibility index (Phi) is 5.03. The van der Waals surface area contributed by atoms with Gasteiger partial charge in [0, 0.05) is 16.5 Å². The van der Waals surface area contributed by atoms with Crippen LogP contribution in [0.15, 0.2) is 24.3 Å². The van der Waals surface area contributed by atoms with Gasteiger partial charge in [0.05, 0.1) is 13.2 Å². The summed E-state index contributed by atoms with van der Waals surface area (Å²) in [4.78, 5) is 32.6. The first-order valence-electron chi connectivity index (χ1n) is 9.55. The molecule has 3 aliphatic heterocycles. The molecule has 1 amide bonds. The van der Waals surface area contributed by atoms with Crippen LogP contribution in [0.1, 0.15) is 12.0 Å². The fourth-order valence-corrected chi connectivity index (χ4v) is 5.59.